The molecule has 1 N–H and O–H groups in total. The van der Waals surface area contributed by atoms with Crippen molar-refractivity contribution in [2.24, 2.45) is 0 Å². The Hall–Kier alpha value is -1.71. The number of rotatable bonds is 5. The molecule has 1 aromatic rings. The number of hydrogen-bond acceptors (Lipinski definition) is 2. The zero-order valence-corrected chi connectivity index (χ0v) is 11.4. The molecular weight excluding hydrogens is 230 g/mol. The number of nitrogens with zero attached hydrogens (tertiary/aromatic N) is 1. The third kappa shape index (κ3) is 3.65. The number of carbonyl (C=O) groups is 1. The number of methoxy groups -OCH3 is 1. The van der Waals surface area contributed by atoms with E-state index in [1.165, 1.54) is 4.90 Å². The van der Waals surface area contributed by atoms with E-state index in [1.807, 2.05) is 12.1 Å². The Morgan fingerprint density at radius 1 is 1.44 bits per heavy atom. The molecule has 0 radical (unpaired) electrons. The van der Waals surface area contributed by atoms with Gasteiger partial charge in [-0.05, 0) is 29.5 Å². The van der Waals surface area contributed by atoms with Gasteiger partial charge in [0.15, 0.2) is 0 Å². The molecule has 0 aliphatic heterocycles. The molecule has 0 unspecified atom stereocenters. The second kappa shape index (κ2) is 6.28. The summed E-state index contributed by atoms with van der Waals surface area (Å²) in [6.07, 6.45) is -0.181. The monoisotopic (exact) mass is 251 g/mol. The van der Waals surface area contributed by atoms with Crippen LogP contribution in [0, 0.1) is 0 Å². The number of likely N-dealkylation sites (N-methyl/N-ethyl adjacent to an activating group) is 1. The average molecular weight is 251 g/mol. The van der Waals surface area contributed by atoms with Crippen molar-refractivity contribution in [3.63, 3.8) is 0 Å². The van der Waals surface area contributed by atoms with Crippen molar-refractivity contribution in [2.75, 3.05) is 20.7 Å². The number of amides is 1. The van der Waals surface area contributed by atoms with Gasteiger partial charge in [-0.15, -0.1) is 0 Å². The molecule has 0 heterocycles. The fourth-order valence-electron chi connectivity index (χ4n) is 1.78. The van der Waals surface area contributed by atoms with Gasteiger partial charge in [-0.2, -0.15) is 0 Å². The smallest absolute Gasteiger partial charge is 0.407 e. The van der Waals surface area contributed by atoms with Gasteiger partial charge in [0.1, 0.15) is 5.75 Å². The van der Waals surface area contributed by atoms with Crippen LogP contribution in [0.2, 0.25) is 0 Å². The molecule has 0 aliphatic carbocycles. The lowest BCUT2D eigenvalue weighted by Gasteiger charge is -2.16. The Morgan fingerprint density at radius 2 is 2.11 bits per heavy atom. The van der Waals surface area contributed by atoms with Crippen molar-refractivity contribution in [1.29, 1.82) is 0 Å². The van der Waals surface area contributed by atoms with E-state index >= 15 is 0 Å². The summed E-state index contributed by atoms with van der Waals surface area (Å²) < 4.78 is 5.32. The van der Waals surface area contributed by atoms with Crippen LogP contribution in [0.3, 0.4) is 0 Å². The summed E-state index contributed by atoms with van der Waals surface area (Å²) in [7, 11) is 3.24. The second-order valence-electron chi connectivity index (χ2n) is 4.69. The first-order chi connectivity index (χ1) is 8.45. The highest BCUT2D eigenvalue weighted by atomic mass is 16.5. The van der Waals surface area contributed by atoms with E-state index in [0.29, 0.717) is 18.9 Å². The van der Waals surface area contributed by atoms with E-state index in [1.54, 1.807) is 14.2 Å². The molecule has 1 rings (SSSR count). The molecule has 0 fully saturated rings. The maximum atomic E-state index is 10.7. The Balaban J connectivity index is 2.79. The van der Waals surface area contributed by atoms with Crippen molar-refractivity contribution in [3.05, 3.63) is 29.3 Å². The van der Waals surface area contributed by atoms with Gasteiger partial charge in [0.05, 0.1) is 7.11 Å². The fraction of sp³-hybridized carbons (Fsp3) is 0.500. The predicted molar refractivity (Wildman–Crippen MR) is 71.4 cm³/mol. The van der Waals surface area contributed by atoms with Crippen molar-refractivity contribution in [2.45, 2.75) is 26.2 Å². The molecule has 0 aromatic heterocycles. The van der Waals surface area contributed by atoms with Gasteiger partial charge in [0, 0.05) is 13.6 Å². The highest BCUT2D eigenvalue weighted by Crippen LogP contribution is 2.27. The predicted octanol–water partition coefficient (Wildman–Crippen LogP) is 2.97. The maximum absolute atomic E-state index is 10.7. The third-order valence-corrected chi connectivity index (χ3v) is 2.98. The zero-order chi connectivity index (χ0) is 13.7. The van der Waals surface area contributed by atoms with E-state index in [2.05, 4.69) is 19.9 Å². The van der Waals surface area contributed by atoms with E-state index in [0.717, 1.165) is 16.9 Å². The van der Waals surface area contributed by atoms with Crippen molar-refractivity contribution < 1.29 is 14.6 Å². The van der Waals surface area contributed by atoms with Crippen LogP contribution in [-0.4, -0.2) is 36.8 Å². The molecule has 0 saturated heterocycles. The first-order valence-corrected chi connectivity index (χ1v) is 6.06. The van der Waals surface area contributed by atoms with Crippen molar-refractivity contribution in [1.82, 2.24) is 4.90 Å². The molecule has 0 atom stereocenters. The van der Waals surface area contributed by atoms with Gasteiger partial charge in [0.25, 0.3) is 0 Å². The lowest BCUT2D eigenvalue weighted by Crippen LogP contribution is -2.26. The third-order valence-electron chi connectivity index (χ3n) is 2.98. The quantitative estimate of drug-likeness (QED) is 0.875. The number of ether oxygens (including phenoxy) is 1. The zero-order valence-electron chi connectivity index (χ0n) is 11.4. The molecule has 0 saturated carbocycles. The molecule has 0 spiro atoms. The summed E-state index contributed by atoms with van der Waals surface area (Å²) >= 11 is 0. The molecular formula is C14H21NO3. The lowest BCUT2D eigenvalue weighted by atomic mass is 9.98. The molecule has 0 bridgehead atoms. The van der Waals surface area contributed by atoms with Crippen molar-refractivity contribution in [3.8, 4) is 5.75 Å². The summed E-state index contributed by atoms with van der Waals surface area (Å²) in [5.74, 6) is 1.28. The summed E-state index contributed by atoms with van der Waals surface area (Å²) in [6, 6.07) is 6.03. The van der Waals surface area contributed by atoms with Gasteiger partial charge in [-0.1, -0.05) is 26.0 Å². The summed E-state index contributed by atoms with van der Waals surface area (Å²) in [5.41, 5.74) is 2.29. The fourth-order valence-corrected chi connectivity index (χ4v) is 1.78. The minimum Gasteiger partial charge on any atom is -0.496 e. The Labute approximate surface area is 108 Å². The van der Waals surface area contributed by atoms with Gasteiger partial charge in [-0.25, -0.2) is 4.79 Å². The number of benzene rings is 1. The summed E-state index contributed by atoms with van der Waals surface area (Å²) in [5, 5.41) is 8.79. The Morgan fingerprint density at radius 3 is 2.61 bits per heavy atom. The molecule has 4 nitrogen and oxygen atoms in total. The first kappa shape index (κ1) is 14.4. The molecule has 1 aromatic carbocycles. The Bertz CT molecular complexity index is 416. The first-order valence-electron chi connectivity index (χ1n) is 6.06. The van der Waals surface area contributed by atoms with Crippen LogP contribution in [0.1, 0.15) is 30.9 Å². The molecule has 1 amide bonds. The lowest BCUT2D eigenvalue weighted by molar-refractivity contribution is 0.156. The highest BCUT2D eigenvalue weighted by Gasteiger charge is 2.10. The van der Waals surface area contributed by atoms with Crippen LogP contribution in [0.4, 0.5) is 4.79 Å². The maximum Gasteiger partial charge on any atom is 0.407 e. The molecule has 0 aliphatic rings. The van der Waals surface area contributed by atoms with E-state index < -0.39 is 6.09 Å². The summed E-state index contributed by atoms with van der Waals surface area (Å²) in [6.45, 7) is 4.73. The van der Waals surface area contributed by atoms with Crippen molar-refractivity contribution >= 4 is 6.09 Å². The second-order valence-corrected chi connectivity index (χ2v) is 4.69. The number of carboxylic acid groups (broad SMARTS) is 1. The van der Waals surface area contributed by atoms with E-state index in [-0.39, 0.29) is 0 Å². The normalized spacial score (nSPS) is 10.5. The molecule has 18 heavy (non-hydrogen) atoms. The minimum atomic E-state index is -0.896. The van der Waals surface area contributed by atoms with Crippen LogP contribution < -0.4 is 4.74 Å². The van der Waals surface area contributed by atoms with Gasteiger partial charge in [-0.3, -0.25) is 0 Å². The summed E-state index contributed by atoms with van der Waals surface area (Å²) in [4.78, 5) is 12.0. The van der Waals surface area contributed by atoms with E-state index in [4.69, 9.17) is 9.84 Å². The number of hydrogen-bond donors (Lipinski definition) is 1. The van der Waals surface area contributed by atoms with Crippen LogP contribution in [0.5, 0.6) is 5.75 Å². The largest absolute Gasteiger partial charge is 0.496 e. The van der Waals surface area contributed by atoms with Crippen LogP contribution in [0.15, 0.2) is 18.2 Å². The Kier molecular flexibility index (Phi) is 5.01. The molecule has 4 heteroatoms. The van der Waals surface area contributed by atoms with Crippen LogP contribution in [0.25, 0.3) is 0 Å². The van der Waals surface area contributed by atoms with E-state index in [9.17, 15) is 4.79 Å². The standard InChI is InChI=1S/C14H21NO3/c1-10(2)12-9-11(5-6-13(12)18-4)7-8-15(3)14(16)17/h5-6,9-10H,7-8H2,1-4H3,(H,16,17). The van der Waals surface area contributed by atoms with Crippen LogP contribution in [-0.2, 0) is 6.42 Å². The SMILES string of the molecule is COc1ccc(CCN(C)C(=O)O)cc1C(C)C. The van der Waals surface area contributed by atoms with Gasteiger partial charge < -0.3 is 14.7 Å². The highest BCUT2D eigenvalue weighted by molar-refractivity contribution is 5.64. The topological polar surface area (TPSA) is 49.8 Å². The van der Waals surface area contributed by atoms with Gasteiger partial charge >= 0.3 is 6.09 Å². The molecule has 100 valence electrons. The average Bonchev–Trinajstić information content (AvgIpc) is 2.35. The minimum absolute atomic E-state index is 0.386. The van der Waals surface area contributed by atoms with Gasteiger partial charge in [0.2, 0.25) is 0 Å². The van der Waals surface area contributed by atoms with Crippen LogP contribution >= 0.6 is 0 Å².